The second kappa shape index (κ2) is 6.36. The summed E-state index contributed by atoms with van der Waals surface area (Å²) in [6, 6.07) is 6.55. The highest BCUT2D eigenvalue weighted by atomic mass is 127. The van der Waals surface area contributed by atoms with Crippen molar-refractivity contribution < 1.29 is 0 Å². The van der Waals surface area contributed by atoms with E-state index in [1.807, 2.05) is 0 Å². The standard InChI is InChI=1S/C13H20IN/c1-4-11(5-2)9-15-13-7-6-12(14)8-10(13)3/h6-8,11,15H,4-5,9H2,1-3H3. The van der Waals surface area contributed by atoms with Crippen LogP contribution in [0.5, 0.6) is 0 Å². The molecule has 0 aliphatic carbocycles. The van der Waals surface area contributed by atoms with Crippen LogP contribution in [0.4, 0.5) is 5.69 Å². The molecule has 0 spiro atoms. The van der Waals surface area contributed by atoms with Gasteiger partial charge in [0.05, 0.1) is 0 Å². The zero-order valence-electron chi connectivity index (χ0n) is 9.81. The van der Waals surface area contributed by atoms with Gasteiger partial charge < -0.3 is 5.32 Å². The maximum atomic E-state index is 3.54. The van der Waals surface area contributed by atoms with Gasteiger partial charge in [-0.1, -0.05) is 26.7 Å². The average molecular weight is 317 g/mol. The lowest BCUT2D eigenvalue weighted by Crippen LogP contribution is -2.13. The number of anilines is 1. The van der Waals surface area contributed by atoms with E-state index in [1.165, 1.54) is 27.7 Å². The minimum atomic E-state index is 0.795. The van der Waals surface area contributed by atoms with Crippen LogP contribution in [0, 0.1) is 16.4 Å². The monoisotopic (exact) mass is 317 g/mol. The summed E-state index contributed by atoms with van der Waals surface area (Å²) in [6.07, 6.45) is 2.51. The summed E-state index contributed by atoms with van der Waals surface area (Å²) >= 11 is 2.35. The van der Waals surface area contributed by atoms with E-state index in [4.69, 9.17) is 0 Å². The molecule has 1 rings (SSSR count). The summed E-state index contributed by atoms with van der Waals surface area (Å²) in [4.78, 5) is 0. The van der Waals surface area contributed by atoms with E-state index in [2.05, 4.69) is 66.9 Å². The maximum absolute atomic E-state index is 3.54. The highest BCUT2D eigenvalue weighted by Gasteiger charge is 2.04. The lowest BCUT2D eigenvalue weighted by atomic mass is 10.0. The van der Waals surface area contributed by atoms with Crippen molar-refractivity contribution in [2.75, 3.05) is 11.9 Å². The van der Waals surface area contributed by atoms with E-state index in [9.17, 15) is 0 Å². The molecule has 0 aromatic heterocycles. The fourth-order valence-corrected chi connectivity index (χ4v) is 2.30. The first kappa shape index (κ1) is 12.8. The van der Waals surface area contributed by atoms with Crippen LogP contribution >= 0.6 is 22.6 Å². The Morgan fingerprint density at radius 3 is 2.47 bits per heavy atom. The van der Waals surface area contributed by atoms with Gasteiger partial charge >= 0.3 is 0 Å². The number of aryl methyl sites for hydroxylation is 1. The molecule has 1 N–H and O–H groups in total. The lowest BCUT2D eigenvalue weighted by molar-refractivity contribution is 0.519. The van der Waals surface area contributed by atoms with Gasteiger partial charge in [0.1, 0.15) is 0 Å². The van der Waals surface area contributed by atoms with Crippen molar-refractivity contribution in [1.82, 2.24) is 0 Å². The smallest absolute Gasteiger partial charge is 0.0370 e. The van der Waals surface area contributed by atoms with Crippen LogP contribution in [-0.2, 0) is 0 Å². The lowest BCUT2D eigenvalue weighted by Gasteiger charge is -2.15. The second-order valence-corrected chi connectivity index (χ2v) is 5.27. The van der Waals surface area contributed by atoms with Gasteiger partial charge in [-0.2, -0.15) is 0 Å². The minimum absolute atomic E-state index is 0.795. The molecule has 0 aliphatic rings. The van der Waals surface area contributed by atoms with Crippen molar-refractivity contribution in [3.05, 3.63) is 27.3 Å². The number of halogens is 1. The van der Waals surface area contributed by atoms with Crippen molar-refractivity contribution in [3.63, 3.8) is 0 Å². The molecule has 0 aliphatic heterocycles. The number of hydrogen-bond acceptors (Lipinski definition) is 1. The molecule has 2 heteroatoms. The van der Waals surface area contributed by atoms with Crippen LogP contribution in [-0.4, -0.2) is 6.54 Å². The topological polar surface area (TPSA) is 12.0 Å². The molecule has 0 saturated carbocycles. The Hall–Kier alpha value is -0.250. The largest absolute Gasteiger partial charge is 0.385 e. The maximum Gasteiger partial charge on any atom is 0.0370 e. The van der Waals surface area contributed by atoms with Gasteiger partial charge in [0, 0.05) is 15.8 Å². The highest BCUT2D eigenvalue weighted by Crippen LogP contribution is 2.18. The minimum Gasteiger partial charge on any atom is -0.385 e. The van der Waals surface area contributed by atoms with Crippen molar-refractivity contribution in [3.8, 4) is 0 Å². The molecule has 84 valence electrons. The summed E-state index contributed by atoms with van der Waals surface area (Å²) in [5, 5.41) is 3.54. The number of hydrogen-bond donors (Lipinski definition) is 1. The van der Waals surface area contributed by atoms with Crippen molar-refractivity contribution in [2.24, 2.45) is 5.92 Å². The van der Waals surface area contributed by atoms with E-state index in [0.29, 0.717) is 0 Å². The molecule has 1 nitrogen and oxygen atoms in total. The fourth-order valence-electron chi connectivity index (χ4n) is 1.66. The van der Waals surface area contributed by atoms with Gasteiger partial charge in [0.2, 0.25) is 0 Å². The second-order valence-electron chi connectivity index (χ2n) is 4.02. The highest BCUT2D eigenvalue weighted by molar-refractivity contribution is 14.1. The Labute approximate surface area is 107 Å². The zero-order chi connectivity index (χ0) is 11.3. The summed E-state index contributed by atoms with van der Waals surface area (Å²) in [7, 11) is 0. The average Bonchev–Trinajstić information content (AvgIpc) is 2.22. The fraction of sp³-hybridized carbons (Fsp3) is 0.538. The van der Waals surface area contributed by atoms with Gasteiger partial charge in [0.15, 0.2) is 0 Å². The Kier molecular flexibility index (Phi) is 5.43. The predicted molar refractivity (Wildman–Crippen MR) is 76.5 cm³/mol. The Morgan fingerprint density at radius 1 is 1.27 bits per heavy atom. The van der Waals surface area contributed by atoms with Crippen molar-refractivity contribution in [1.29, 1.82) is 0 Å². The molecule has 15 heavy (non-hydrogen) atoms. The SMILES string of the molecule is CCC(CC)CNc1ccc(I)cc1C. The Morgan fingerprint density at radius 2 is 1.93 bits per heavy atom. The molecule has 0 saturated heterocycles. The number of nitrogens with one attached hydrogen (secondary N) is 1. The molecule has 0 fully saturated rings. The zero-order valence-corrected chi connectivity index (χ0v) is 12.0. The Balaban J connectivity index is 2.57. The van der Waals surface area contributed by atoms with Crippen molar-refractivity contribution in [2.45, 2.75) is 33.6 Å². The number of rotatable bonds is 5. The van der Waals surface area contributed by atoms with E-state index >= 15 is 0 Å². The van der Waals surface area contributed by atoms with Gasteiger partial charge in [0.25, 0.3) is 0 Å². The molecule has 0 atom stereocenters. The van der Waals surface area contributed by atoms with Crippen LogP contribution in [0.25, 0.3) is 0 Å². The van der Waals surface area contributed by atoms with E-state index < -0.39 is 0 Å². The molecular formula is C13H20IN. The summed E-state index contributed by atoms with van der Waals surface area (Å²) < 4.78 is 1.30. The van der Waals surface area contributed by atoms with E-state index in [-0.39, 0.29) is 0 Å². The molecule has 0 heterocycles. The third-order valence-electron chi connectivity index (χ3n) is 2.92. The van der Waals surface area contributed by atoms with Gasteiger partial charge in [-0.05, 0) is 59.2 Å². The normalized spacial score (nSPS) is 10.7. The predicted octanol–water partition coefficient (Wildman–Crippen LogP) is 4.45. The summed E-state index contributed by atoms with van der Waals surface area (Å²) in [5.41, 5.74) is 2.62. The van der Waals surface area contributed by atoms with Crippen LogP contribution in [0.1, 0.15) is 32.3 Å². The van der Waals surface area contributed by atoms with E-state index in [0.717, 1.165) is 12.5 Å². The summed E-state index contributed by atoms with van der Waals surface area (Å²) in [6.45, 7) is 7.78. The number of benzene rings is 1. The van der Waals surface area contributed by atoms with Crippen LogP contribution in [0.3, 0.4) is 0 Å². The molecule has 0 radical (unpaired) electrons. The molecule has 1 aromatic rings. The van der Waals surface area contributed by atoms with Crippen molar-refractivity contribution >= 4 is 28.3 Å². The third-order valence-corrected chi connectivity index (χ3v) is 3.60. The van der Waals surface area contributed by atoms with Gasteiger partial charge in [-0.3, -0.25) is 0 Å². The first-order chi connectivity index (χ1) is 7.17. The third kappa shape index (κ3) is 4.01. The Bertz CT molecular complexity index is 305. The van der Waals surface area contributed by atoms with Gasteiger partial charge in [-0.25, -0.2) is 0 Å². The van der Waals surface area contributed by atoms with Crippen LogP contribution < -0.4 is 5.32 Å². The summed E-state index contributed by atoms with van der Waals surface area (Å²) in [5.74, 6) is 0.795. The van der Waals surface area contributed by atoms with Crippen LogP contribution in [0.15, 0.2) is 18.2 Å². The van der Waals surface area contributed by atoms with Crippen LogP contribution in [0.2, 0.25) is 0 Å². The molecular weight excluding hydrogens is 297 g/mol. The van der Waals surface area contributed by atoms with E-state index in [1.54, 1.807) is 0 Å². The first-order valence-electron chi connectivity index (χ1n) is 5.67. The quantitative estimate of drug-likeness (QED) is 0.791. The first-order valence-corrected chi connectivity index (χ1v) is 6.75. The molecule has 1 aromatic carbocycles. The van der Waals surface area contributed by atoms with Gasteiger partial charge in [-0.15, -0.1) is 0 Å². The molecule has 0 unspecified atom stereocenters. The molecule has 0 bridgehead atoms. The molecule has 0 amide bonds.